The van der Waals surface area contributed by atoms with E-state index in [1.54, 1.807) is 12.1 Å². The molecular formula is C14H19NO3S. The fourth-order valence-corrected chi connectivity index (χ4v) is 3.47. The van der Waals surface area contributed by atoms with Gasteiger partial charge in [0.15, 0.2) is 0 Å². The number of hydrogen-bond donors (Lipinski definition) is 1. The van der Waals surface area contributed by atoms with E-state index in [4.69, 9.17) is 0 Å². The molecule has 4 nitrogen and oxygen atoms in total. The van der Waals surface area contributed by atoms with Crippen molar-refractivity contribution in [1.29, 1.82) is 0 Å². The summed E-state index contributed by atoms with van der Waals surface area (Å²) in [5.74, 6) is -0.517. The molecule has 1 fully saturated rings. The number of benzene rings is 1. The summed E-state index contributed by atoms with van der Waals surface area (Å²) in [6.07, 6.45) is 3.58. The molecule has 0 unspecified atom stereocenters. The highest BCUT2D eigenvalue weighted by atomic mass is 32.2. The van der Waals surface area contributed by atoms with Crippen LogP contribution in [0, 0.1) is 19.8 Å². The largest absolute Gasteiger partial charge is 0.274 e. The Labute approximate surface area is 114 Å². The summed E-state index contributed by atoms with van der Waals surface area (Å²) < 4.78 is 26.5. The highest BCUT2D eigenvalue weighted by molar-refractivity contribution is 7.90. The maximum Gasteiger partial charge on any atom is 0.264 e. The fraction of sp³-hybridized carbons (Fsp3) is 0.500. The van der Waals surface area contributed by atoms with Gasteiger partial charge >= 0.3 is 0 Å². The number of nitrogens with one attached hydrogen (secondary N) is 1. The predicted molar refractivity (Wildman–Crippen MR) is 73.2 cm³/mol. The lowest BCUT2D eigenvalue weighted by molar-refractivity contribution is -0.122. The Morgan fingerprint density at radius 1 is 1.16 bits per heavy atom. The van der Waals surface area contributed by atoms with E-state index < -0.39 is 10.0 Å². The second kappa shape index (κ2) is 5.33. The molecule has 0 heterocycles. The second-order valence-electron chi connectivity index (χ2n) is 5.20. The first-order valence-corrected chi connectivity index (χ1v) is 8.02. The predicted octanol–water partition coefficient (Wildman–Crippen LogP) is 2.30. The van der Waals surface area contributed by atoms with Crippen LogP contribution in [0.4, 0.5) is 0 Å². The summed E-state index contributed by atoms with van der Waals surface area (Å²) in [6.45, 7) is 3.77. The zero-order chi connectivity index (χ0) is 14.0. The highest BCUT2D eigenvalue weighted by Crippen LogP contribution is 2.25. The minimum atomic E-state index is -3.74. The molecule has 1 aromatic carbocycles. The number of carbonyl (C=O) groups excluding carboxylic acids is 1. The number of rotatable bonds is 3. The Hall–Kier alpha value is -1.36. The van der Waals surface area contributed by atoms with Crippen molar-refractivity contribution in [3.63, 3.8) is 0 Å². The van der Waals surface area contributed by atoms with Gasteiger partial charge in [-0.1, -0.05) is 18.9 Å². The van der Waals surface area contributed by atoms with Gasteiger partial charge in [0.05, 0.1) is 4.90 Å². The van der Waals surface area contributed by atoms with Crippen LogP contribution in [0.2, 0.25) is 0 Å². The van der Waals surface area contributed by atoms with Gasteiger partial charge in [-0.05, 0) is 49.9 Å². The molecule has 0 bridgehead atoms. The molecule has 2 rings (SSSR count). The van der Waals surface area contributed by atoms with E-state index in [-0.39, 0.29) is 16.7 Å². The van der Waals surface area contributed by atoms with Crippen LogP contribution < -0.4 is 4.72 Å². The molecular weight excluding hydrogens is 262 g/mol. The van der Waals surface area contributed by atoms with Gasteiger partial charge in [-0.15, -0.1) is 0 Å². The minimum absolute atomic E-state index is 0.152. The normalized spacial score (nSPS) is 16.5. The summed E-state index contributed by atoms with van der Waals surface area (Å²) in [6, 6.07) is 4.89. The zero-order valence-corrected chi connectivity index (χ0v) is 12.1. The smallest absolute Gasteiger partial charge is 0.264 e. The van der Waals surface area contributed by atoms with Crippen LogP contribution in [-0.2, 0) is 14.8 Å². The molecule has 1 N–H and O–H groups in total. The third kappa shape index (κ3) is 3.15. The second-order valence-corrected chi connectivity index (χ2v) is 6.88. The Bertz CT molecular complexity index is 587. The summed E-state index contributed by atoms with van der Waals surface area (Å²) in [5, 5.41) is 0. The number of hydrogen-bond acceptors (Lipinski definition) is 3. The molecule has 5 heteroatoms. The zero-order valence-electron chi connectivity index (χ0n) is 11.3. The Kier molecular flexibility index (Phi) is 3.94. The molecule has 0 saturated heterocycles. The SMILES string of the molecule is Cc1ccc(S(=O)(=O)NC(=O)C2CCCC2)cc1C. The maximum absolute atomic E-state index is 12.1. The van der Waals surface area contributed by atoms with Crippen molar-refractivity contribution in [2.45, 2.75) is 44.4 Å². The van der Waals surface area contributed by atoms with Gasteiger partial charge in [-0.2, -0.15) is 0 Å². The van der Waals surface area contributed by atoms with E-state index in [0.717, 1.165) is 36.8 Å². The lowest BCUT2D eigenvalue weighted by atomic mass is 10.1. The molecule has 1 aliphatic carbocycles. The number of amides is 1. The first-order valence-electron chi connectivity index (χ1n) is 6.54. The Balaban J connectivity index is 2.17. The average Bonchev–Trinajstić information content (AvgIpc) is 2.85. The van der Waals surface area contributed by atoms with Gasteiger partial charge in [0.25, 0.3) is 10.0 Å². The van der Waals surface area contributed by atoms with E-state index in [1.165, 1.54) is 6.07 Å². The van der Waals surface area contributed by atoms with E-state index in [9.17, 15) is 13.2 Å². The van der Waals surface area contributed by atoms with Gasteiger partial charge in [0.2, 0.25) is 5.91 Å². The van der Waals surface area contributed by atoms with Crippen molar-refractivity contribution in [2.24, 2.45) is 5.92 Å². The average molecular weight is 281 g/mol. The van der Waals surface area contributed by atoms with Gasteiger partial charge in [-0.25, -0.2) is 13.1 Å². The Morgan fingerprint density at radius 2 is 1.79 bits per heavy atom. The van der Waals surface area contributed by atoms with Crippen LogP contribution in [0.3, 0.4) is 0 Å². The molecule has 0 spiro atoms. The van der Waals surface area contributed by atoms with E-state index in [2.05, 4.69) is 4.72 Å². The van der Waals surface area contributed by atoms with Crippen molar-refractivity contribution in [3.8, 4) is 0 Å². The van der Waals surface area contributed by atoms with Crippen LogP contribution in [0.1, 0.15) is 36.8 Å². The molecule has 0 atom stereocenters. The number of aryl methyl sites for hydroxylation is 2. The number of sulfonamides is 1. The van der Waals surface area contributed by atoms with Crippen LogP contribution in [0.25, 0.3) is 0 Å². The molecule has 104 valence electrons. The summed E-state index contributed by atoms with van der Waals surface area (Å²) >= 11 is 0. The summed E-state index contributed by atoms with van der Waals surface area (Å²) in [5.41, 5.74) is 1.93. The van der Waals surface area contributed by atoms with Crippen molar-refractivity contribution in [3.05, 3.63) is 29.3 Å². The van der Waals surface area contributed by atoms with E-state index in [0.29, 0.717) is 0 Å². The van der Waals surface area contributed by atoms with Gasteiger partial charge < -0.3 is 0 Å². The number of carbonyl (C=O) groups is 1. The fourth-order valence-electron chi connectivity index (χ4n) is 2.34. The van der Waals surface area contributed by atoms with E-state index >= 15 is 0 Å². The van der Waals surface area contributed by atoms with Crippen molar-refractivity contribution in [1.82, 2.24) is 4.72 Å². The molecule has 1 saturated carbocycles. The first-order chi connectivity index (χ1) is 8.90. The summed E-state index contributed by atoms with van der Waals surface area (Å²) in [7, 11) is -3.74. The molecule has 0 aliphatic heterocycles. The molecule has 1 amide bonds. The Morgan fingerprint density at radius 3 is 2.37 bits per heavy atom. The van der Waals surface area contributed by atoms with Crippen LogP contribution in [0.15, 0.2) is 23.1 Å². The van der Waals surface area contributed by atoms with Gasteiger partial charge in [0.1, 0.15) is 0 Å². The lowest BCUT2D eigenvalue weighted by Crippen LogP contribution is -2.34. The highest BCUT2D eigenvalue weighted by Gasteiger charge is 2.27. The lowest BCUT2D eigenvalue weighted by Gasteiger charge is -2.12. The molecule has 0 radical (unpaired) electrons. The van der Waals surface area contributed by atoms with Gasteiger partial charge in [-0.3, -0.25) is 4.79 Å². The van der Waals surface area contributed by atoms with Crippen molar-refractivity contribution >= 4 is 15.9 Å². The van der Waals surface area contributed by atoms with Crippen LogP contribution >= 0.6 is 0 Å². The third-order valence-corrected chi connectivity index (χ3v) is 5.09. The monoisotopic (exact) mass is 281 g/mol. The van der Waals surface area contributed by atoms with Crippen molar-refractivity contribution < 1.29 is 13.2 Å². The maximum atomic E-state index is 12.1. The molecule has 1 aromatic rings. The summed E-state index contributed by atoms with van der Waals surface area (Å²) in [4.78, 5) is 12.1. The molecule has 19 heavy (non-hydrogen) atoms. The first kappa shape index (κ1) is 14.1. The molecule has 0 aromatic heterocycles. The molecule has 1 aliphatic rings. The third-order valence-electron chi connectivity index (χ3n) is 3.75. The quantitative estimate of drug-likeness (QED) is 0.924. The van der Waals surface area contributed by atoms with Crippen LogP contribution in [-0.4, -0.2) is 14.3 Å². The standard InChI is InChI=1S/C14H19NO3S/c1-10-7-8-13(9-11(10)2)19(17,18)15-14(16)12-5-3-4-6-12/h7-9,12H,3-6H2,1-2H3,(H,15,16). The van der Waals surface area contributed by atoms with Gasteiger partial charge in [0, 0.05) is 5.92 Å². The van der Waals surface area contributed by atoms with Crippen LogP contribution in [0.5, 0.6) is 0 Å². The van der Waals surface area contributed by atoms with Crippen molar-refractivity contribution in [2.75, 3.05) is 0 Å². The minimum Gasteiger partial charge on any atom is -0.274 e. The van der Waals surface area contributed by atoms with E-state index in [1.807, 2.05) is 13.8 Å². The topological polar surface area (TPSA) is 63.2 Å².